The zero-order chi connectivity index (χ0) is 25.1. The van der Waals surface area contributed by atoms with E-state index in [0.717, 1.165) is 6.07 Å². The molecule has 2 heterocycles. The largest absolute Gasteiger partial charge is 0.419 e. The van der Waals surface area contributed by atoms with Crippen molar-refractivity contribution in [2.24, 2.45) is 4.99 Å². The van der Waals surface area contributed by atoms with Gasteiger partial charge in [0.25, 0.3) is 0 Å². The summed E-state index contributed by atoms with van der Waals surface area (Å²) >= 11 is 0. The monoisotopic (exact) mass is 501 g/mol. The smallest absolute Gasteiger partial charge is 0.363 e. The molecule has 0 radical (unpaired) electrons. The second kappa shape index (κ2) is 10.3. The Morgan fingerprint density at radius 2 is 2.00 bits per heavy atom. The topological polar surface area (TPSA) is 79.3 Å². The highest BCUT2D eigenvalue weighted by atomic mass is 31.2. The van der Waals surface area contributed by atoms with Gasteiger partial charge in [0.15, 0.2) is 5.82 Å². The number of aliphatic imine (C=N–C) groups is 1. The van der Waals surface area contributed by atoms with Crippen molar-refractivity contribution in [2.45, 2.75) is 32.7 Å². The number of hydrogen-bond donors (Lipinski definition) is 2. The zero-order valence-electron chi connectivity index (χ0n) is 18.7. The van der Waals surface area contributed by atoms with Crippen molar-refractivity contribution in [2.75, 3.05) is 30.7 Å². The number of benzene rings is 1. The molecule has 0 saturated carbocycles. The molecular weight excluding hydrogens is 476 g/mol. The summed E-state index contributed by atoms with van der Waals surface area (Å²) in [7, 11) is -2.70. The van der Waals surface area contributed by atoms with Gasteiger partial charge < -0.3 is 15.2 Å². The van der Waals surface area contributed by atoms with Crippen LogP contribution >= 0.6 is 7.14 Å². The van der Waals surface area contributed by atoms with Gasteiger partial charge in [0, 0.05) is 36.5 Å². The van der Waals surface area contributed by atoms with Crippen molar-refractivity contribution in [1.29, 1.82) is 0 Å². The molecule has 0 aliphatic carbocycles. The van der Waals surface area contributed by atoms with Crippen LogP contribution in [0.2, 0.25) is 0 Å². The summed E-state index contributed by atoms with van der Waals surface area (Å²) in [6.07, 6.45) is -2.64. The van der Waals surface area contributed by atoms with Gasteiger partial charge in [-0.05, 0) is 19.9 Å². The van der Waals surface area contributed by atoms with E-state index in [9.17, 15) is 26.5 Å². The lowest BCUT2D eigenvalue weighted by Gasteiger charge is -2.23. The van der Waals surface area contributed by atoms with Gasteiger partial charge >= 0.3 is 6.18 Å². The van der Waals surface area contributed by atoms with Gasteiger partial charge in [-0.25, -0.2) is 18.7 Å². The predicted octanol–water partition coefficient (Wildman–Crippen LogP) is 5.44. The first-order valence-corrected chi connectivity index (χ1v) is 12.6. The Bertz CT molecular complexity index is 1140. The number of rotatable bonds is 7. The molecule has 1 saturated heterocycles. The van der Waals surface area contributed by atoms with Crippen LogP contribution in [0.4, 0.5) is 27.8 Å². The molecule has 1 fully saturated rings. The van der Waals surface area contributed by atoms with E-state index >= 15 is 0 Å². The van der Waals surface area contributed by atoms with Crippen LogP contribution in [0.1, 0.15) is 41.2 Å². The number of hydrogen-bond acceptors (Lipinski definition) is 6. The maximum Gasteiger partial charge on any atom is 0.419 e. The number of aromatic nitrogens is 2. The second-order valence-corrected chi connectivity index (χ2v) is 11.2. The van der Waals surface area contributed by atoms with Crippen LogP contribution in [0.5, 0.6) is 0 Å². The summed E-state index contributed by atoms with van der Waals surface area (Å²) in [5, 5.41) is 5.97. The van der Waals surface area contributed by atoms with E-state index in [-0.39, 0.29) is 28.3 Å². The van der Waals surface area contributed by atoms with Crippen LogP contribution in [0.25, 0.3) is 0 Å². The minimum Gasteiger partial charge on any atom is -0.363 e. The first-order chi connectivity index (χ1) is 16.0. The summed E-state index contributed by atoms with van der Waals surface area (Å²) in [4.78, 5) is 12.4. The Hall–Kier alpha value is -2.65. The van der Waals surface area contributed by atoms with E-state index in [4.69, 9.17) is 0 Å². The first kappa shape index (κ1) is 26.0. The van der Waals surface area contributed by atoms with Gasteiger partial charge in [-0.1, -0.05) is 18.7 Å². The third-order valence-corrected chi connectivity index (χ3v) is 8.56. The van der Waals surface area contributed by atoms with E-state index in [0.29, 0.717) is 37.0 Å². The molecule has 2 N–H and O–H groups in total. The van der Waals surface area contributed by atoms with Gasteiger partial charge in [-0.2, -0.15) is 13.2 Å². The van der Waals surface area contributed by atoms with Gasteiger partial charge in [-0.3, -0.25) is 4.99 Å². The Morgan fingerprint density at radius 1 is 1.32 bits per heavy atom. The van der Waals surface area contributed by atoms with E-state index < -0.39 is 37.4 Å². The summed E-state index contributed by atoms with van der Waals surface area (Å²) < 4.78 is 80.2. The van der Waals surface area contributed by atoms with Gasteiger partial charge in [-0.15, -0.1) is 0 Å². The molecule has 3 rings (SSSR count). The number of anilines is 1. The summed E-state index contributed by atoms with van der Waals surface area (Å²) in [6.45, 7) is 7.10. The Labute approximate surface area is 194 Å². The molecule has 1 aliphatic heterocycles. The molecule has 0 unspecified atom stereocenters. The van der Waals surface area contributed by atoms with Crippen molar-refractivity contribution < 1.29 is 26.5 Å². The van der Waals surface area contributed by atoms with Crippen molar-refractivity contribution in [3.63, 3.8) is 0 Å². The molecule has 34 heavy (non-hydrogen) atoms. The van der Waals surface area contributed by atoms with Crippen LogP contribution in [0, 0.1) is 12.7 Å². The highest BCUT2D eigenvalue weighted by Gasteiger charge is 2.35. The first-order valence-electron chi connectivity index (χ1n) is 10.5. The van der Waals surface area contributed by atoms with Crippen molar-refractivity contribution in [3.8, 4) is 0 Å². The molecule has 1 aromatic carbocycles. The second-order valence-electron chi connectivity index (χ2n) is 7.97. The predicted molar refractivity (Wildman–Crippen MR) is 122 cm³/mol. The number of halogens is 5. The molecule has 0 bridgehead atoms. The standard InChI is InChI=1S/C22H25F5N5OP/c1-13-18(12-29-15(3)34(33)9-7-28-8-10-34)31-19(11-23)32-21(13)30-14(2)16-5-4-6-17(20(16)24)22(25,26)27/h4-6,12,14,28H,3,7-11H2,1-2H3,(H,30,31,32)/t14-/m1/s1. The lowest BCUT2D eigenvalue weighted by molar-refractivity contribution is -0.140. The fourth-order valence-corrected chi connectivity index (χ4v) is 5.60. The van der Waals surface area contributed by atoms with Gasteiger partial charge in [0.1, 0.15) is 25.5 Å². The Morgan fingerprint density at radius 3 is 2.62 bits per heavy atom. The summed E-state index contributed by atoms with van der Waals surface area (Å²) in [5.74, 6) is -1.46. The van der Waals surface area contributed by atoms with E-state index in [2.05, 4.69) is 32.2 Å². The Balaban J connectivity index is 1.90. The van der Waals surface area contributed by atoms with Crippen LogP contribution in [-0.4, -0.2) is 41.6 Å². The molecular formula is C22H25F5N5OP. The molecule has 1 atom stereocenters. The normalized spacial score (nSPS) is 17.0. The van der Waals surface area contributed by atoms with E-state index in [1.165, 1.54) is 19.2 Å². The average molecular weight is 501 g/mol. The highest BCUT2D eigenvalue weighted by Crippen LogP contribution is 2.53. The average Bonchev–Trinajstić information content (AvgIpc) is 2.79. The number of alkyl halides is 4. The minimum absolute atomic E-state index is 0.118. The summed E-state index contributed by atoms with van der Waals surface area (Å²) in [6, 6.07) is 2.09. The molecule has 184 valence electrons. The molecule has 0 amide bonds. The lowest BCUT2D eigenvalue weighted by Crippen LogP contribution is -2.28. The quantitative estimate of drug-likeness (QED) is 0.300. The Kier molecular flexibility index (Phi) is 7.88. The minimum atomic E-state index is -4.84. The van der Waals surface area contributed by atoms with Crippen LogP contribution < -0.4 is 10.6 Å². The fraction of sp³-hybridized carbons (Fsp3) is 0.409. The van der Waals surface area contributed by atoms with Crippen molar-refractivity contribution in [3.05, 3.63) is 64.2 Å². The van der Waals surface area contributed by atoms with E-state index in [1.807, 2.05) is 0 Å². The van der Waals surface area contributed by atoms with E-state index in [1.54, 1.807) is 6.92 Å². The fourth-order valence-electron chi connectivity index (χ4n) is 3.55. The van der Waals surface area contributed by atoms with Crippen LogP contribution in [-0.2, 0) is 17.4 Å². The SMILES string of the molecule is C=C(N=Cc1nc(CF)nc(N[C@H](C)c2cccc(C(F)(F)F)c2F)c1C)P1(=O)CCNCC1. The van der Waals surface area contributed by atoms with Gasteiger partial charge in [0.2, 0.25) is 0 Å². The number of nitrogens with zero attached hydrogens (tertiary/aromatic N) is 3. The molecule has 0 spiro atoms. The lowest BCUT2D eigenvalue weighted by atomic mass is 10.0. The molecule has 1 aliphatic rings. The third kappa shape index (κ3) is 5.70. The number of nitrogens with one attached hydrogen (secondary N) is 2. The highest BCUT2D eigenvalue weighted by molar-refractivity contribution is 7.68. The van der Waals surface area contributed by atoms with Crippen LogP contribution in [0.3, 0.4) is 0 Å². The van der Waals surface area contributed by atoms with Crippen LogP contribution in [0.15, 0.2) is 35.2 Å². The maximum absolute atomic E-state index is 14.6. The van der Waals surface area contributed by atoms with Crippen molar-refractivity contribution in [1.82, 2.24) is 15.3 Å². The zero-order valence-corrected chi connectivity index (χ0v) is 19.6. The third-order valence-electron chi connectivity index (χ3n) is 5.61. The van der Waals surface area contributed by atoms with Crippen molar-refractivity contribution >= 4 is 19.2 Å². The summed E-state index contributed by atoms with van der Waals surface area (Å²) in [5.41, 5.74) is -0.715. The molecule has 2 aromatic rings. The molecule has 1 aromatic heterocycles. The van der Waals surface area contributed by atoms with Gasteiger partial charge in [0.05, 0.1) is 29.0 Å². The maximum atomic E-state index is 14.6. The molecule has 12 heteroatoms. The molecule has 6 nitrogen and oxygen atoms in total.